The van der Waals surface area contributed by atoms with Gasteiger partial charge in [-0.1, -0.05) is 92.2 Å². The summed E-state index contributed by atoms with van der Waals surface area (Å²) in [5.74, 6) is 0.745. The van der Waals surface area contributed by atoms with Crippen LogP contribution in [0.1, 0.15) is 32.1 Å². The molecular weight excluding hydrogens is 393 g/mol. The molecule has 2 atom stereocenters. The van der Waals surface area contributed by atoms with E-state index in [4.69, 9.17) is 4.43 Å². The number of benzene rings is 1. The van der Waals surface area contributed by atoms with E-state index in [-0.39, 0.29) is 6.10 Å². The van der Waals surface area contributed by atoms with E-state index < -0.39 is 24.5 Å². The second kappa shape index (κ2) is 9.73. The van der Waals surface area contributed by atoms with E-state index >= 15 is 0 Å². The van der Waals surface area contributed by atoms with Gasteiger partial charge in [-0.05, 0) is 37.9 Å². The fourth-order valence-corrected chi connectivity index (χ4v) is 13.4. The Morgan fingerprint density at radius 3 is 1.89 bits per heavy atom. The third-order valence-electron chi connectivity index (χ3n) is 7.29. The molecule has 0 amide bonds. The number of aliphatic hydroxyl groups excluding tert-OH is 1. The molecule has 2 rings (SSSR count). The Kier molecular flexibility index (Phi) is 8.36. The van der Waals surface area contributed by atoms with Crippen LogP contribution in [0.4, 0.5) is 0 Å². The van der Waals surface area contributed by atoms with Crippen LogP contribution >= 0.6 is 0 Å². The maximum absolute atomic E-state index is 9.95. The summed E-state index contributed by atoms with van der Waals surface area (Å²) in [7, 11) is -2.38. The van der Waals surface area contributed by atoms with E-state index in [1.165, 1.54) is 37.4 Å². The average Bonchev–Trinajstić information content (AvgIpc) is 2.65. The molecule has 0 aromatic heterocycles. The summed E-state index contributed by atoms with van der Waals surface area (Å²) in [6.45, 7) is 14.7. The summed E-state index contributed by atoms with van der Waals surface area (Å²) in [6.07, 6.45) is 5.84. The molecule has 1 N–H and O–H groups in total. The van der Waals surface area contributed by atoms with Gasteiger partial charge in [0.1, 0.15) is 0 Å². The Morgan fingerprint density at radius 1 is 0.857 bits per heavy atom. The quantitative estimate of drug-likeness (QED) is 0.531. The van der Waals surface area contributed by atoms with Crippen molar-refractivity contribution in [1.29, 1.82) is 0 Å². The van der Waals surface area contributed by atoms with Crippen LogP contribution in [0.3, 0.4) is 0 Å². The van der Waals surface area contributed by atoms with Crippen molar-refractivity contribution in [2.24, 2.45) is 5.92 Å². The topological polar surface area (TPSA) is 29.5 Å². The van der Waals surface area contributed by atoms with Crippen molar-refractivity contribution in [3.8, 4) is 0 Å². The minimum absolute atomic E-state index is 0.0406. The molecule has 0 aliphatic heterocycles. The van der Waals surface area contributed by atoms with Crippen molar-refractivity contribution in [3.63, 3.8) is 0 Å². The second-order valence-corrected chi connectivity index (χ2v) is 25.2. The standard InChI is InChI=1S/C23H44O2Si3/c1-25-28(6,7)18-17-27(4,5)23-13-11-22(12-14-23)26(2,3)16-15-20-9-8-10-21(24)19-20/h11-14,20-21,24H,8-10,15-19H2,1-7H3. The molecule has 28 heavy (non-hydrogen) atoms. The summed E-state index contributed by atoms with van der Waals surface area (Å²) in [6, 6.07) is 13.7. The summed E-state index contributed by atoms with van der Waals surface area (Å²) in [5.41, 5.74) is 0. The van der Waals surface area contributed by atoms with Crippen molar-refractivity contribution in [1.82, 2.24) is 0 Å². The largest absolute Gasteiger partial charge is 0.420 e. The Morgan fingerprint density at radius 2 is 1.39 bits per heavy atom. The van der Waals surface area contributed by atoms with Crippen molar-refractivity contribution < 1.29 is 9.53 Å². The second-order valence-electron chi connectivity index (χ2n) is 11.0. The molecule has 2 unspecified atom stereocenters. The van der Waals surface area contributed by atoms with Crippen molar-refractivity contribution in [2.45, 2.75) is 95.6 Å². The minimum atomic E-state index is -1.47. The maximum atomic E-state index is 9.95. The maximum Gasteiger partial charge on any atom is 0.185 e. The molecule has 0 saturated heterocycles. The Labute approximate surface area is 177 Å². The average molecular weight is 437 g/mol. The zero-order valence-electron chi connectivity index (χ0n) is 19.5. The van der Waals surface area contributed by atoms with Gasteiger partial charge in [0.25, 0.3) is 0 Å². The fraction of sp³-hybridized carbons (Fsp3) is 0.739. The Hall–Kier alpha value is -0.209. The van der Waals surface area contributed by atoms with Crippen LogP contribution in [0.15, 0.2) is 24.3 Å². The highest BCUT2D eigenvalue weighted by atomic mass is 28.4. The first-order valence-electron chi connectivity index (χ1n) is 11.3. The molecule has 0 spiro atoms. The van der Waals surface area contributed by atoms with Gasteiger partial charge in [-0.3, -0.25) is 0 Å². The van der Waals surface area contributed by atoms with Gasteiger partial charge in [0, 0.05) is 7.11 Å². The summed E-state index contributed by atoms with van der Waals surface area (Å²) in [5, 5.41) is 13.1. The van der Waals surface area contributed by atoms with Gasteiger partial charge in [0.05, 0.1) is 22.3 Å². The van der Waals surface area contributed by atoms with E-state index in [0.29, 0.717) is 0 Å². The highest BCUT2D eigenvalue weighted by molar-refractivity contribution is 6.92. The zero-order valence-corrected chi connectivity index (χ0v) is 22.5. The van der Waals surface area contributed by atoms with Gasteiger partial charge >= 0.3 is 0 Å². The smallest absolute Gasteiger partial charge is 0.185 e. The van der Waals surface area contributed by atoms with Crippen LogP contribution in [-0.4, -0.2) is 42.8 Å². The molecular formula is C23H44O2Si3. The van der Waals surface area contributed by atoms with Gasteiger partial charge in [-0.25, -0.2) is 0 Å². The van der Waals surface area contributed by atoms with Crippen molar-refractivity contribution in [2.75, 3.05) is 7.11 Å². The molecule has 2 nitrogen and oxygen atoms in total. The lowest BCUT2D eigenvalue weighted by Crippen LogP contribution is -2.46. The number of hydrogen-bond donors (Lipinski definition) is 1. The predicted octanol–water partition coefficient (Wildman–Crippen LogP) is 5.31. The van der Waals surface area contributed by atoms with Crippen LogP contribution in [0.25, 0.3) is 0 Å². The van der Waals surface area contributed by atoms with Crippen LogP contribution in [0.5, 0.6) is 0 Å². The highest BCUT2D eigenvalue weighted by Gasteiger charge is 2.31. The van der Waals surface area contributed by atoms with E-state index in [2.05, 4.69) is 63.5 Å². The van der Waals surface area contributed by atoms with E-state index in [9.17, 15) is 5.11 Å². The molecule has 160 valence electrons. The molecule has 1 aliphatic carbocycles. The lowest BCUT2D eigenvalue weighted by atomic mass is 9.86. The van der Waals surface area contributed by atoms with Gasteiger partial charge in [0.2, 0.25) is 0 Å². The number of aliphatic hydroxyl groups is 1. The monoisotopic (exact) mass is 436 g/mol. The summed E-state index contributed by atoms with van der Waals surface area (Å²) < 4.78 is 5.77. The number of rotatable bonds is 9. The molecule has 1 aromatic carbocycles. The predicted molar refractivity (Wildman–Crippen MR) is 132 cm³/mol. The molecule has 1 aliphatic rings. The first-order chi connectivity index (χ1) is 13.0. The molecule has 1 saturated carbocycles. The van der Waals surface area contributed by atoms with Crippen molar-refractivity contribution in [3.05, 3.63) is 24.3 Å². The van der Waals surface area contributed by atoms with Crippen LogP contribution < -0.4 is 10.4 Å². The van der Waals surface area contributed by atoms with Gasteiger partial charge in [0.15, 0.2) is 8.32 Å². The summed E-state index contributed by atoms with van der Waals surface area (Å²) >= 11 is 0. The molecule has 0 bridgehead atoms. The third-order valence-corrected chi connectivity index (χ3v) is 17.2. The molecule has 1 aromatic rings. The Bertz CT molecular complexity index is 611. The molecule has 0 radical (unpaired) electrons. The molecule has 0 heterocycles. The zero-order chi connectivity index (χ0) is 21.0. The number of hydrogen-bond acceptors (Lipinski definition) is 2. The van der Waals surface area contributed by atoms with E-state index in [1.54, 1.807) is 10.4 Å². The van der Waals surface area contributed by atoms with Gasteiger partial charge < -0.3 is 9.53 Å². The first-order valence-corrected chi connectivity index (χ1v) is 20.8. The van der Waals surface area contributed by atoms with Crippen LogP contribution in [0.2, 0.25) is 57.4 Å². The third kappa shape index (κ3) is 6.94. The lowest BCUT2D eigenvalue weighted by Gasteiger charge is -2.31. The lowest BCUT2D eigenvalue weighted by molar-refractivity contribution is 0.0998. The van der Waals surface area contributed by atoms with E-state index in [0.717, 1.165) is 18.8 Å². The first kappa shape index (κ1) is 24.1. The van der Waals surface area contributed by atoms with Crippen molar-refractivity contribution >= 4 is 34.8 Å². The SMILES string of the molecule is CO[Si](C)(C)CC[Si](C)(C)c1ccc([Si](C)(C)CCC2CCCC(O)C2)cc1. The van der Waals surface area contributed by atoms with Gasteiger partial charge in [-0.2, -0.15) is 0 Å². The van der Waals surface area contributed by atoms with E-state index in [1.807, 2.05) is 7.11 Å². The minimum Gasteiger partial charge on any atom is -0.420 e. The summed E-state index contributed by atoms with van der Waals surface area (Å²) in [4.78, 5) is 0. The van der Waals surface area contributed by atoms with Gasteiger partial charge in [-0.15, -0.1) is 0 Å². The highest BCUT2D eigenvalue weighted by Crippen LogP contribution is 2.30. The molecule has 1 fully saturated rings. The normalized spacial score (nSPS) is 21.7. The molecule has 5 heteroatoms. The fourth-order valence-electron chi connectivity index (χ4n) is 4.47. The Balaban J connectivity index is 1.97. The van der Waals surface area contributed by atoms with Crippen LogP contribution in [-0.2, 0) is 4.43 Å². The van der Waals surface area contributed by atoms with Crippen LogP contribution in [0, 0.1) is 5.92 Å².